The van der Waals surface area contributed by atoms with E-state index in [1.54, 1.807) is 6.07 Å². The van der Waals surface area contributed by atoms with Gasteiger partial charge in [0.2, 0.25) is 5.91 Å². The predicted molar refractivity (Wildman–Crippen MR) is 87.9 cm³/mol. The highest BCUT2D eigenvalue weighted by Crippen LogP contribution is 2.41. The molecule has 0 aliphatic heterocycles. The standard InChI is InChI=1S/C18H18F3N3O2/c19-18(20,21)13-3-1-2-12(8-13)14-9-23-15(24-14)11-4-6-17(10-25,7-5-11)16(22)26/h1-3,8-11H,4-7H2,(H2,22,26)(H,23,24). The summed E-state index contributed by atoms with van der Waals surface area (Å²) >= 11 is 0. The summed E-state index contributed by atoms with van der Waals surface area (Å²) in [4.78, 5) is 30.1. The monoisotopic (exact) mass is 365 g/mol. The van der Waals surface area contributed by atoms with Crippen molar-refractivity contribution in [3.05, 3.63) is 41.9 Å². The third kappa shape index (κ3) is 3.36. The largest absolute Gasteiger partial charge is 0.416 e. The van der Waals surface area contributed by atoms with E-state index in [2.05, 4.69) is 9.97 Å². The molecule has 1 fully saturated rings. The summed E-state index contributed by atoms with van der Waals surface area (Å²) in [5.74, 6) is 0.0263. The second-order valence-corrected chi connectivity index (χ2v) is 6.67. The van der Waals surface area contributed by atoms with Crippen LogP contribution in [0.25, 0.3) is 11.3 Å². The zero-order valence-electron chi connectivity index (χ0n) is 13.8. The zero-order chi connectivity index (χ0) is 18.9. The summed E-state index contributed by atoms with van der Waals surface area (Å²) in [6, 6.07) is 5.02. The molecule has 2 aromatic rings. The molecule has 1 aliphatic carbocycles. The molecule has 138 valence electrons. The molecule has 0 atom stereocenters. The first-order valence-corrected chi connectivity index (χ1v) is 8.24. The lowest BCUT2D eigenvalue weighted by molar-refractivity contribution is -0.138. The molecule has 8 heteroatoms. The van der Waals surface area contributed by atoms with Crippen molar-refractivity contribution >= 4 is 12.2 Å². The number of aldehydes is 1. The van der Waals surface area contributed by atoms with Gasteiger partial charge in [0.1, 0.15) is 17.5 Å². The number of hydrogen-bond donors (Lipinski definition) is 2. The van der Waals surface area contributed by atoms with Crippen LogP contribution in [0.4, 0.5) is 13.2 Å². The average Bonchev–Trinajstić information content (AvgIpc) is 3.11. The molecule has 0 radical (unpaired) electrons. The van der Waals surface area contributed by atoms with Gasteiger partial charge in [-0.1, -0.05) is 12.1 Å². The number of halogens is 3. The third-order valence-electron chi connectivity index (χ3n) is 5.08. The smallest absolute Gasteiger partial charge is 0.369 e. The fraction of sp³-hybridized carbons (Fsp3) is 0.389. The van der Waals surface area contributed by atoms with Crippen molar-refractivity contribution in [1.29, 1.82) is 0 Å². The van der Waals surface area contributed by atoms with E-state index in [9.17, 15) is 22.8 Å². The zero-order valence-corrected chi connectivity index (χ0v) is 13.8. The minimum atomic E-state index is -4.41. The Bertz CT molecular complexity index is 821. The second kappa shape index (κ2) is 6.59. The first kappa shape index (κ1) is 18.2. The van der Waals surface area contributed by atoms with Crippen molar-refractivity contribution in [1.82, 2.24) is 9.97 Å². The molecule has 1 aromatic heterocycles. The number of rotatable bonds is 4. The van der Waals surface area contributed by atoms with Gasteiger partial charge in [-0.15, -0.1) is 0 Å². The van der Waals surface area contributed by atoms with E-state index in [0.717, 1.165) is 12.1 Å². The molecule has 3 rings (SSSR count). The van der Waals surface area contributed by atoms with E-state index in [0.29, 0.717) is 49.1 Å². The van der Waals surface area contributed by atoms with E-state index in [1.165, 1.54) is 12.3 Å². The highest BCUT2D eigenvalue weighted by Gasteiger charge is 2.41. The van der Waals surface area contributed by atoms with Crippen molar-refractivity contribution < 1.29 is 22.8 Å². The number of primary amides is 1. The number of benzene rings is 1. The summed E-state index contributed by atoms with van der Waals surface area (Å²) in [7, 11) is 0. The Hall–Kier alpha value is -2.64. The van der Waals surface area contributed by atoms with Gasteiger partial charge in [-0.2, -0.15) is 13.2 Å². The van der Waals surface area contributed by atoms with Gasteiger partial charge in [0.25, 0.3) is 0 Å². The highest BCUT2D eigenvalue weighted by molar-refractivity contribution is 5.95. The van der Waals surface area contributed by atoms with E-state index < -0.39 is 23.1 Å². The number of nitrogens with zero attached hydrogens (tertiary/aromatic N) is 1. The molecule has 0 bridgehead atoms. The van der Waals surface area contributed by atoms with Crippen molar-refractivity contribution in [3.8, 4) is 11.3 Å². The lowest BCUT2D eigenvalue weighted by atomic mass is 9.70. The molecule has 1 heterocycles. The van der Waals surface area contributed by atoms with E-state index in [1.807, 2.05) is 0 Å². The predicted octanol–water partition coefficient (Wildman–Crippen LogP) is 3.42. The van der Waals surface area contributed by atoms with E-state index in [4.69, 9.17) is 5.73 Å². The number of alkyl halides is 3. The van der Waals surface area contributed by atoms with Gasteiger partial charge in [-0.05, 0) is 37.8 Å². The minimum absolute atomic E-state index is 0.00183. The molecule has 0 spiro atoms. The molecule has 1 aromatic carbocycles. The van der Waals surface area contributed by atoms with Gasteiger partial charge in [0.15, 0.2) is 0 Å². The minimum Gasteiger partial charge on any atom is -0.369 e. The van der Waals surface area contributed by atoms with E-state index in [-0.39, 0.29) is 5.92 Å². The van der Waals surface area contributed by atoms with Gasteiger partial charge in [-0.25, -0.2) is 4.98 Å². The number of carbonyl (C=O) groups excluding carboxylic acids is 2. The number of nitrogens with one attached hydrogen (secondary N) is 1. The molecule has 5 nitrogen and oxygen atoms in total. The highest BCUT2D eigenvalue weighted by atomic mass is 19.4. The fourth-order valence-electron chi connectivity index (χ4n) is 3.38. The maximum atomic E-state index is 12.9. The molecular weight excluding hydrogens is 347 g/mol. The number of carbonyl (C=O) groups is 2. The molecular formula is C18H18F3N3O2. The van der Waals surface area contributed by atoms with E-state index >= 15 is 0 Å². The number of hydrogen-bond acceptors (Lipinski definition) is 3. The first-order valence-electron chi connectivity index (χ1n) is 8.24. The number of aromatic nitrogens is 2. The SMILES string of the molecule is NC(=O)C1(C=O)CCC(c2ncc(-c3cccc(C(F)(F)F)c3)[nH]2)CC1. The number of H-pyrrole nitrogens is 1. The topological polar surface area (TPSA) is 88.8 Å². The first-order chi connectivity index (χ1) is 12.2. The maximum Gasteiger partial charge on any atom is 0.416 e. The summed E-state index contributed by atoms with van der Waals surface area (Å²) in [6.07, 6.45) is -0.488. The van der Waals surface area contributed by atoms with Crippen LogP contribution >= 0.6 is 0 Å². The number of aromatic amines is 1. The Morgan fingerprint density at radius 2 is 2.00 bits per heavy atom. The lowest BCUT2D eigenvalue weighted by Crippen LogP contribution is -2.41. The number of nitrogens with two attached hydrogens (primary N) is 1. The van der Waals surface area contributed by atoms with Crippen LogP contribution in [0, 0.1) is 5.41 Å². The fourth-order valence-corrected chi connectivity index (χ4v) is 3.38. The molecule has 1 aliphatic rings. The second-order valence-electron chi connectivity index (χ2n) is 6.67. The molecule has 0 unspecified atom stereocenters. The number of amides is 1. The molecule has 1 saturated carbocycles. The van der Waals surface area contributed by atoms with Gasteiger partial charge in [-0.3, -0.25) is 4.79 Å². The summed E-state index contributed by atoms with van der Waals surface area (Å²) in [5, 5.41) is 0. The quantitative estimate of drug-likeness (QED) is 0.643. The van der Waals surface area contributed by atoms with Crippen molar-refractivity contribution in [2.24, 2.45) is 11.1 Å². The van der Waals surface area contributed by atoms with Crippen LogP contribution in [0.1, 0.15) is 43.0 Å². The van der Waals surface area contributed by atoms with Gasteiger partial charge >= 0.3 is 6.18 Å². The van der Waals surface area contributed by atoms with Gasteiger partial charge in [0, 0.05) is 11.5 Å². The molecule has 1 amide bonds. The normalized spacial score (nSPS) is 23.6. The van der Waals surface area contributed by atoms with Crippen LogP contribution < -0.4 is 5.73 Å². The Labute approximate surface area is 147 Å². The third-order valence-corrected chi connectivity index (χ3v) is 5.08. The molecule has 26 heavy (non-hydrogen) atoms. The Morgan fingerprint density at radius 3 is 2.58 bits per heavy atom. The summed E-state index contributed by atoms with van der Waals surface area (Å²) < 4.78 is 38.6. The lowest BCUT2D eigenvalue weighted by Gasteiger charge is -2.32. The molecule has 3 N–H and O–H groups in total. The Kier molecular flexibility index (Phi) is 4.60. The number of imidazole rings is 1. The Balaban J connectivity index is 1.77. The maximum absolute atomic E-state index is 12.9. The summed E-state index contributed by atoms with van der Waals surface area (Å²) in [6.45, 7) is 0. The van der Waals surface area contributed by atoms with Crippen LogP contribution in [0.2, 0.25) is 0 Å². The summed E-state index contributed by atoms with van der Waals surface area (Å²) in [5.41, 5.74) is 4.39. The molecule has 0 saturated heterocycles. The average molecular weight is 365 g/mol. The van der Waals surface area contributed by atoms with Crippen LogP contribution in [-0.4, -0.2) is 22.2 Å². The van der Waals surface area contributed by atoms with Gasteiger partial charge in [0.05, 0.1) is 17.5 Å². The van der Waals surface area contributed by atoms with Crippen molar-refractivity contribution in [2.75, 3.05) is 0 Å². The van der Waals surface area contributed by atoms with Gasteiger partial charge < -0.3 is 15.5 Å². The van der Waals surface area contributed by atoms with Crippen molar-refractivity contribution in [3.63, 3.8) is 0 Å². The van der Waals surface area contributed by atoms with Crippen LogP contribution in [-0.2, 0) is 15.8 Å². The van der Waals surface area contributed by atoms with Crippen molar-refractivity contribution in [2.45, 2.75) is 37.8 Å². The van der Waals surface area contributed by atoms with Crippen LogP contribution in [0.3, 0.4) is 0 Å². The van der Waals surface area contributed by atoms with Crippen LogP contribution in [0.5, 0.6) is 0 Å². The Morgan fingerprint density at radius 1 is 1.31 bits per heavy atom. The van der Waals surface area contributed by atoms with Crippen LogP contribution in [0.15, 0.2) is 30.5 Å².